The molecule has 0 atom stereocenters. The Morgan fingerprint density at radius 1 is 0.882 bits per heavy atom. The van der Waals surface area contributed by atoms with Crippen molar-refractivity contribution in [2.24, 2.45) is 0 Å². The van der Waals surface area contributed by atoms with Crippen LogP contribution in [0.5, 0.6) is 0 Å². The van der Waals surface area contributed by atoms with E-state index in [0.29, 0.717) is 39.2 Å². The number of rotatable bonds is 5. The molecule has 0 bridgehead atoms. The van der Waals surface area contributed by atoms with E-state index >= 15 is 0 Å². The van der Waals surface area contributed by atoms with Crippen molar-refractivity contribution in [3.8, 4) is 11.5 Å². The molecule has 2 heterocycles. The van der Waals surface area contributed by atoms with Crippen LogP contribution in [0.3, 0.4) is 0 Å². The monoisotopic (exact) mass is 455 g/mol. The summed E-state index contributed by atoms with van der Waals surface area (Å²) in [5.41, 5.74) is 7.26. The number of pyridine rings is 1. The van der Waals surface area contributed by atoms with Gasteiger partial charge >= 0.3 is 6.03 Å². The topological polar surface area (TPSA) is 125 Å². The fraction of sp³-hybridized carbons (Fsp3) is 0.120. The molecule has 0 radical (unpaired) electrons. The predicted octanol–water partition coefficient (Wildman–Crippen LogP) is 3.85. The highest BCUT2D eigenvalue weighted by atomic mass is 16.3. The number of nitrogens with zero attached hydrogens (tertiary/aromatic N) is 1. The Balaban J connectivity index is 1.26. The number of urea groups is 1. The van der Waals surface area contributed by atoms with E-state index in [0.717, 1.165) is 12.8 Å². The van der Waals surface area contributed by atoms with E-state index in [9.17, 15) is 14.4 Å². The van der Waals surface area contributed by atoms with Crippen LogP contribution in [0.1, 0.15) is 33.6 Å². The van der Waals surface area contributed by atoms with E-state index in [1.165, 1.54) is 6.26 Å². The fourth-order valence-electron chi connectivity index (χ4n) is 3.45. The molecule has 1 aliphatic carbocycles. The van der Waals surface area contributed by atoms with Crippen molar-refractivity contribution >= 4 is 34.4 Å². The van der Waals surface area contributed by atoms with Crippen LogP contribution in [0.4, 0.5) is 10.5 Å². The second-order valence-electron chi connectivity index (χ2n) is 7.91. The maximum Gasteiger partial charge on any atom is 0.319 e. The quantitative estimate of drug-likeness (QED) is 0.340. The number of amides is 4. The van der Waals surface area contributed by atoms with E-state index < -0.39 is 11.8 Å². The van der Waals surface area contributed by atoms with E-state index in [4.69, 9.17) is 4.42 Å². The number of benzene rings is 2. The Kier molecular flexibility index (Phi) is 5.65. The largest absolute Gasteiger partial charge is 0.463 e. The first-order valence-corrected chi connectivity index (χ1v) is 10.8. The summed E-state index contributed by atoms with van der Waals surface area (Å²) in [6.07, 6.45) is 3.53. The van der Waals surface area contributed by atoms with Crippen molar-refractivity contribution in [3.63, 3.8) is 0 Å². The molecule has 0 saturated heterocycles. The number of hydrazine groups is 1. The lowest BCUT2D eigenvalue weighted by Crippen LogP contribution is -2.41. The molecule has 4 aromatic rings. The second-order valence-corrected chi connectivity index (χ2v) is 7.91. The predicted molar refractivity (Wildman–Crippen MR) is 126 cm³/mol. The van der Waals surface area contributed by atoms with Gasteiger partial charge in [-0.05, 0) is 61.4 Å². The van der Waals surface area contributed by atoms with Gasteiger partial charge in [-0.2, -0.15) is 0 Å². The highest BCUT2D eigenvalue weighted by Gasteiger charge is 2.23. The normalized spacial score (nSPS) is 12.7. The minimum Gasteiger partial charge on any atom is -0.463 e. The molecule has 2 aromatic heterocycles. The average Bonchev–Trinajstić information content (AvgIpc) is 3.49. The number of aromatic nitrogens is 1. The lowest BCUT2D eigenvalue weighted by molar-refractivity contribution is 0.0847. The van der Waals surface area contributed by atoms with Crippen molar-refractivity contribution in [1.82, 2.24) is 21.2 Å². The summed E-state index contributed by atoms with van der Waals surface area (Å²) in [7, 11) is 0. The number of nitrogens with one attached hydrogen (secondary N) is 4. The second kappa shape index (κ2) is 9.07. The summed E-state index contributed by atoms with van der Waals surface area (Å²) in [6.45, 7) is 0. The molecular weight excluding hydrogens is 434 g/mol. The van der Waals surface area contributed by atoms with Gasteiger partial charge in [-0.15, -0.1) is 0 Å². The first-order chi connectivity index (χ1) is 16.6. The molecule has 170 valence electrons. The Bertz CT molecular complexity index is 1360. The number of hydrogen-bond donors (Lipinski definition) is 4. The number of anilines is 1. The lowest BCUT2D eigenvalue weighted by atomic mass is 10.1. The van der Waals surface area contributed by atoms with Crippen LogP contribution in [-0.4, -0.2) is 28.9 Å². The van der Waals surface area contributed by atoms with Crippen LogP contribution in [-0.2, 0) is 0 Å². The number of carbonyl (C=O) groups excluding carboxylic acids is 3. The van der Waals surface area contributed by atoms with Gasteiger partial charge in [0.25, 0.3) is 11.8 Å². The summed E-state index contributed by atoms with van der Waals surface area (Å²) in [5, 5.41) is 6.19. The van der Waals surface area contributed by atoms with Gasteiger partial charge in [0.05, 0.1) is 17.3 Å². The minimum atomic E-state index is -0.494. The van der Waals surface area contributed by atoms with Crippen LogP contribution in [0.25, 0.3) is 22.4 Å². The van der Waals surface area contributed by atoms with Crippen LogP contribution in [0.15, 0.2) is 77.4 Å². The van der Waals surface area contributed by atoms with Gasteiger partial charge in [-0.1, -0.05) is 18.2 Å². The van der Waals surface area contributed by atoms with Crippen molar-refractivity contribution in [2.75, 3.05) is 5.32 Å². The molecule has 0 aliphatic heterocycles. The highest BCUT2D eigenvalue weighted by Crippen LogP contribution is 2.25. The summed E-state index contributed by atoms with van der Waals surface area (Å²) >= 11 is 0. The van der Waals surface area contributed by atoms with Crippen LogP contribution < -0.4 is 21.5 Å². The Hall–Kier alpha value is -4.66. The third-order valence-corrected chi connectivity index (χ3v) is 5.34. The van der Waals surface area contributed by atoms with Crippen molar-refractivity contribution in [3.05, 3.63) is 84.1 Å². The molecule has 4 N–H and O–H groups in total. The number of carbonyl (C=O) groups is 3. The Morgan fingerprint density at radius 2 is 1.65 bits per heavy atom. The first kappa shape index (κ1) is 21.2. The van der Waals surface area contributed by atoms with Crippen LogP contribution in [0, 0.1) is 0 Å². The molecule has 1 fully saturated rings. The summed E-state index contributed by atoms with van der Waals surface area (Å²) in [6, 6.07) is 18.7. The van der Waals surface area contributed by atoms with Crippen LogP contribution >= 0.6 is 0 Å². The number of fused-ring (bicyclic) bond motifs is 1. The van der Waals surface area contributed by atoms with Gasteiger partial charge in [0.2, 0.25) is 0 Å². The number of hydrogen-bond acceptors (Lipinski definition) is 5. The van der Waals surface area contributed by atoms with Crippen molar-refractivity contribution < 1.29 is 18.8 Å². The zero-order chi connectivity index (χ0) is 23.5. The number of para-hydroxylation sites is 1. The summed E-state index contributed by atoms with van der Waals surface area (Å²) in [4.78, 5) is 41.9. The minimum absolute atomic E-state index is 0.251. The van der Waals surface area contributed by atoms with Crippen molar-refractivity contribution in [1.29, 1.82) is 0 Å². The van der Waals surface area contributed by atoms with Crippen LogP contribution in [0.2, 0.25) is 0 Å². The molecular formula is C25H21N5O4. The van der Waals surface area contributed by atoms with Gasteiger partial charge < -0.3 is 15.1 Å². The standard InChI is InChI=1S/C25H21N5O4/c31-23(15-7-9-16(10-8-15)26-25(33)27-17-11-12-17)29-30-24(32)19-14-21(22-6-3-13-34-22)28-20-5-2-1-4-18(19)20/h1-10,13-14,17H,11-12H2,(H,29,31)(H,30,32)(H2,26,27,33). The van der Waals surface area contributed by atoms with Gasteiger partial charge in [0.15, 0.2) is 5.76 Å². The van der Waals surface area contributed by atoms with Gasteiger partial charge in [-0.25, -0.2) is 9.78 Å². The third kappa shape index (κ3) is 4.73. The molecule has 2 aromatic carbocycles. The number of furan rings is 1. The maximum absolute atomic E-state index is 12.9. The molecule has 4 amide bonds. The van der Waals surface area contributed by atoms with E-state index in [2.05, 4.69) is 26.5 Å². The molecule has 9 nitrogen and oxygen atoms in total. The molecule has 1 aliphatic rings. The Labute approximate surface area is 194 Å². The van der Waals surface area contributed by atoms with Gasteiger partial charge in [-0.3, -0.25) is 20.4 Å². The molecule has 0 spiro atoms. The smallest absolute Gasteiger partial charge is 0.319 e. The molecule has 1 saturated carbocycles. The highest BCUT2D eigenvalue weighted by molar-refractivity contribution is 6.08. The lowest BCUT2D eigenvalue weighted by Gasteiger charge is -2.11. The molecule has 0 unspecified atom stereocenters. The van der Waals surface area contributed by atoms with Gasteiger partial charge in [0.1, 0.15) is 5.69 Å². The Morgan fingerprint density at radius 3 is 2.38 bits per heavy atom. The summed E-state index contributed by atoms with van der Waals surface area (Å²) in [5.74, 6) is -0.454. The first-order valence-electron chi connectivity index (χ1n) is 10.8. The molecule has 9 heteroatoms. The maximum atomic E-state index is 12.9. The average molecular weight is 455 g/mol. The molecule has 5 rings (SSSR count). The van der Waals surface area contributed by atoms with Crippen molar-refractivity contribution in [2.45, 2.75) is 18.9 Å². The fourth-order valence-corrected chi connectivity index (χ4v) is 3.45. The summed E-state index contributed by atoms with van der Waals surface area (Å²) < 4.78 is 5.42. The zero-order valence-electron chi connectivity index (χ0n) is 18.0. The third-order valence-electron chi connectivity index (χ3n) is 5.34. The van der Waals surface area contributed by atoms with E-state index in [1.807, 2.05) is 12.1 Å². The van der Waals surface area contributed by atoms with E-state index in [1.54, 1.807) is 54.6 Å². The van der Waals surface area contributed by atoms with Gasteiger partial charge in [0, 0.05) is 22.7 Å². The SMILES string of the molecule is O=C(Nc1ccc(C(=O)NNC(=O)c2cc(-c3ccco3)nc3ccccc23)cc1)NC1CC1. The van der Waals surface area contributed by atoms with E-state index in [-0.39, 0.29) is 12.1 Å². The zero-order valence-corrected chi connectivity index (χ0v) is 18.0. The molecule has 34 heavy (non-hydrogen) atoms.